The molecule has 1 aromatic carbocycles. The summed E-state index contributed by atoms with van der Waals surface area (Å²) in [4.78, 5) is 15.7. The molecule has 86 valence electrons. The van der Waals surface area contributed by atoms with Crippen LogP contribution in [0.3, 0.4) is 0 Å². The summed E-state index contributed by atoms with van der Waals surface area (Å²) in [5.74, 6) is 0.213. The molecule has 0 atom stereocenters. The van der Waals surface area contributed by atoms with E-state index >= 15 is 0 Å². The second kappa shape index (κ2) is 6.77. The lowest BCUT2D eigenvalue weighted by Gasteiger charge is -2.04. The Morgan fingerprint density at radius 1 is 1.25 bits per heavy atom. The third-order valence-electron chi connectivity index (χ3n) is 2.25. The van der Waals surface area contributed by atoms with Gasteiger partial charge < -0.3 is 9.63 Å². The predicted octanol–water partition coefficient (Wildman–Crippen LogP) is 2.80. The van der Waals surface area contributed by atoms with Crippen LogP contribution in [0.5, 0.6) is 0 Å². The molecule has 0 amide bonds. The Morgan fingerprint density at radius 2 is 1.94 bits per heavy atom. The van der Waals surface area contributed by atoms with Gasteiger partial charge in [0.25, 0.3) is 0 Å². The van der Waals surface area contributed by atoms with Crippen molar-refractivity contribution in [3.05, 3.63) is 35.9 Å². The molecule has 0 spiro atoms. The molecule has 0 saturated carbocycles. The van der Waals surface area contributed by atoms with Crippen molar-refractivity contribution in [1.29, 1.82) is 0 Å². The zero-order valence-corrected chi connectivity index (χ0v) is 9.77. The average molecular weight is 219 g/mol. The summed E-state index contributed by atoms with van der Waals surface area (Å²) in [6.07, 6.45) is 2.17. The Morgan fingerprint density at radius 3 is 2.50 bits per heavy atom. The van der Waals surface area contributed by atoms with Crippen molar-refractivity contribution in [2.45, 2.75) is 26.2 Å². The van der Waals surface area contributed by atoms with E-state index in [0.717, 1.165) is 24.1 Å². The minimum Gasteiger partial charge on any atom is -0.399 e. The molecule has 16 heavy (non-hydrogen) atoms. The van der Waals surface area contributed by atoms with Gasteiger partial charge in [0.05, 0.1) is 5.71 Å². The Balaban J connectivity index is 2.62. The molecule has 0 radical (unpaired) electrons. The standard InChI is InChI=1S/C13H17NO2/c1-11(15)7-6-10-13(14-16-2)12-8-4-3-5-9-12/h3-5,8-9H,6-7,10H2,1-2H3/b14-13+. The molecular formula is C13H17NO2. The van der Waals surface area contributed by atoms with Crippen LogP contribution in [-0.4, -0.2) is 18.6 Å². The van der Waals surface area contributed by atoms with Crippen LogP contribution in [0.2, 0.25) is 0 Å². The lowest BCUT2D eigenvalue weighted by molar-refractivity contribution is -0.117. The molecule has 0 fully saturated rings. The molecule has 0 aromatic heterocycles. The second-order valence-corrected chi connectivity index (χ2v) is 3.64. The summed E-state index contributed by atoms with van der Waals surface area (Å²) in [5.41, 5.74) is 1.94. The number of carbonyl (C=O) groups excluding carboxylic acids is 1. The van der Waals surface area contributed by atoms with Crippen molar-refractivity contribution in [2.24, 2.45) is 5.16 Å². The lowest BCUT2D eigenvalue weighted by Crippen LogP contribution is -2.03. The molecule has 0 bridgehead atoms. The van der Waals surface area contributed by atoms with E-state index < -0.39 is 0 Å². The fourth-order valence-corrected chi connectivity index (χ4v) is 1.49. The van der Waals surface area contributed by atoms with E-state index in [0.29, 0.717) is 6.42 Å². The number of Topliss-reactive ketones (excluding diaryl/α,β-unsaturated/α-hetero) is 1. The first-order valence-corrected chi connectivity index (χ1v) is 5.39. The predicted molar refractivity (Wildman–Crippen MR) is 64.5 cm³/mol. The Hall–Kier alpha value is -1.64. The van der Waals surface area contributed by atoms with Crippen molar-refractivity contribution >= 4 is 11.5 Å². The quantitative estimate of drug-likeness (QED) is 0.545. The summed E-state index contributed by atoms with van der Waals surface area (Å²) in [5, 5.41) is 4.00. The highest BCUT2D eigenvalue weighted by Gasteiger charge is 2.04. The van der Waals surface area contributed by atoms with Crippen molar-refractivity contribution in [3.8, 4) is 0 Å². The number of nitrogens with zero attached hydrogens (tertiary/aromatic N) is 1. The van der Waals surface area contributed by atoms with Crippen LogP contribution in [0.4, 0.5) is 0 Å². The first-order valence-electron chi connectivity index (χ1n) is 5.39. The molecule has 0 aliphatic rings. The van der Waals surface area contributed by atoms with Gasteiger partial charge in [0.2, 0.25) is 0 Å². The summed E-state index contributed by atoms with van der Waals surface area (Å²) in [6.45, 7) is 1.61. The fourth-order valence-electron chi connectivity index (χ4n) is 1.49. The number of oxime groups is 1. The van der Waals surface area contributed by atoms with Crippen molar-refractivity contribution in [1.82, 2.24) is 0 Å². The van der Waals surface area contributed by atoms with Crippen LogP contribution in [0.25, 0.3) is 0 Å². The van der Waals surface area contributed by atoms with E-state index in [1.165, 1.54) is 7.11 Å². The fraction of sp³-hybridized carbons (Fsp3) is 0.385. The van der Waals surface area contributed by atoms with Gasteiger partial charge in [-0.1, -0.05) is 35.5 Å². The van der Waals surface area contributed by atoms with Gasteiger partial charge in [0, 0.05) is 6.42 Å². The highest BCUT2D eigenvalue weighted by Crippen LogP contribution is 2.08. The number of hydrogen-bond acceptors (Lipinski definition) is 3. The van der Waals surface area contributed by atoms with E-state index in [2.05, 4.69) is 5.16 Å². The monoisotopic (exact) mass is 219 g/mol. The Labute approximate surface area is 96.1 Å². The maximum absolute atomic E-state index is 10.8. The van der Waals surface area contributed by atoms with Gasteiger partial charge in [-0.3, -0.25) is 0 Å². The first kappa shape index (κ1) is 12.4. The number of ketones is 1. The highest BCUT2D eigenvalue weighted by atomic mass is 16.6. The smallest absolute Gasteiger partial charge is 0.129 e. The van der Waals surface area contributed by atoms with Crippen molar-refractivity contribution < 1.29 is 9.63 Å². The van der Waals surface area contributed by atoms with E-state index in [1.54, 1.807) is 6.92 Å². The van der Waals surface area contributed by atoms with Crippen LogP contribution < -0.4 is 0 Å². The lowest BCUT2D eigenvalue weighted by atomic mass is 10.0. The molecular weight excluding hydrogens is 202 g/mol. The number of hydrogen-bond donors (Lipinski definition) is 0. The minimum atomic E-state index is 0.213. The number of rotatable bonds is 6. The maximum atomic E-state index is 10.8. The largest absolute Gasteiger partial charge is 0.399 e. The maximum Gasteiger partial charge on any atom is 0.129 e. The van der Waals surface area contributed by atoms with E-state index in [-0.39, 0.29) is 5.78 Å². The van der Waals surface area contributed by atoms with Gasteiger partial charge in [-0.05, 0) is 25.3 Å². The van der Waals surface area contributed by atoms with E-state index in [4.69, 9.17) is 4.84 Å². The molecule has 3 heteroatoms. The first-order chi connectivity index (χ1) is 7.74. The average Bonchev–Trinajstić information content (AvgIpc) is 2.29. The van der Waals surface area contributed by atoms with Crippen LogP contribution >= 0.6 is 0 Å². The minimum absolute atomic E-state index is 0.213. The SMILES string of the molecule is CO/N=C(\CCCC(C)=O)c1ccccc1. The number of carbonyl (C=O) groups is 1. The van der Waals surface area contributed by atoms with E-state index in [9.17, 15) is 4.79 Å². The summed E-state index contributed by atoms with van der Waals surface area (Å²) in [6, 6.07) is 9.87. The normalized spacial score (nSPS) is 11.2. The van der Waals surface area contributed by atoms with E-state index in [1.807, 2.05) is 30.3 Å². The molecule has 0 aliphatic heterocycles. The molecule has 3 nitrogen and oxygen atoms in total. The van der Waals surface area contributed by atoms with Gasteiger partial charge in [0.15, 0.2) is 0 Å². The van der Waals surface area contributed by atoms with Gasteiger partial charge in [-0.2, -0.15) is 0 Å². The third kappa shape index (κ3) is 4.26. The molecule has 1 aromatic rings. The Bertz CT molecular complexity index is 357. The van der Waals surface area contributed by atoms with Gasteiger partial charge >= 0.3 is 0 Å². The summed E-state index contributed by atoms with van der Waals surface area (Å²) >= 11 is 0. The molecule has 0 unspecified atom stereocenters. The van der Waals surface area contributed by atoms with Gasteiger partial charge in [-0.25, -0.2) is 0 Å². The zero-order valence-electron chi connectivity index (χ0n) is 9.77. The molecule has 0 heterocycles. The number of benzene rings is 1. The molecule has 1 rings (SSSR count). The van der Waals surface area contributed by atoms with Crippen molar-refractivity contribution in [3.63, 3.8) is 0 Å². The molecule has 0 N–H and O–H groups in total. The third-order valence-corrected chi connectivity index (χ3v) is 2.25. The zero-order chi connectivity index (χ0) is 11.8. The summed E-state index contributed by atoms with van der Waals surface area (Å²) in [7, 11) is 1.54. The molecule has 0 saturated heterocycles. The second-order valence-electron chi connectivity index (χ2n) is 3.64. The van der Waals surface area contributed by atoms with Crippen LogP contribution in [0, 0.1) is 0 Å². The Kier molecular flexibility index (Phi) is 5.26. The summed E-state index contributed by atoms with van der Waals surface area (Å²) < 4.78 is 0. The topological polar surface area (TPSA) is 38.7 Å². The van der Waals surface area contributed by atoms with Gasteiger partial charge in [0.1, 0.15) is 12.9 Å². The van der Waals surface area contributed by atoms with Crippen LogP contribution in [0.15, 0.2) is 35.5 Å². The van der Waals surface area contributed by atoms with Gasteiger partial charge in [-0.15, -0.1) is 0 Å². The highest BCUT2D eigenvalue weighted by molar-refractivity contribution is 6.00. The molecule has 0 aliphatic carbocycles. The van der Waals surface area contributed by atoms with Crippen molar-refractivity contribution in [2.75, 3.05) is 7.11 Å². The van der Waals surface area contributed by atoms with Crippen LogP contribution in [-0.2, 0) is 9.63 Å². The van der Waals surface area contributed by atoms with Crippen LogP contribution in [0.1, 0.15) is 31.7 Å².